The number of aromatic nitrogens is 1. The average Bonchev–Trinajstić information content (AvgIpc) is 2.18. The van der Waals surface area contributed by atoms with Crippen molar-refractivity contribution in [1.29, 1.82) is 0 Å². The van der Waals surface area contributed by atoms with Crippen LogP contribution >= 0.6 is 11.6 Å². The maximum atomic E-state index is 11.7. The second-order valence-corrected chi connectivity index (χ2v) is 3.60. The van der Waals surface area contributed by atoms with Crippen LogP contribution in [-0.2, 0) is 0 Å². The summed E-state index contributed by atoms with van der Waals surface area (Å²) in [4.78, 5) is 15.5. The van der Waals surface area contributed by atoms with E-state index < -0.39 is 0 Å². The summed E-state index contributed by atoms with van der Waals surface area (Å²) >= 11 is 5.79. The van der Waals surface area contributed by atoms with E-state index in [-0.39, 0.29) is 17.1 Å². The molecule has 0 saturated heterocycles. The number of hydrogen-bond donors (Lipinski definition) is 1. The van der Waals surface area contributed by atoms with E-state index in [0.29, 0.717) is 5.56 Å². The van der Waals surface area contributed by atoms with Crippen LogP contribution in [0.25, 0.3) is 0 Å². The Balaban J connectivity index is 2.69. The lowest BCUT2D eigenvalue weighted by Gasteiger charge is -2.11. The minimum atomic E-state index is -0.206. The van der Waals surface area contributed by atoms with E-state index in [1.54, 1.807) is 24.4 Å². The van der Waals surface area contributed by atoms with Gasteiger partial charge in [-0.2, -0.15) is 0 Å². The number of nitrogens with one attached hydrogen (secondary N) is 1. The largest absolute Gasteiger partial charge is 0.349 e. The topological polar surface area (TPSA) is 42.0 Å². The monoisotopic (exact) mass is 224 g/mol. The van der Waals surface area contributed by atoms with Crippen LogP contribution in [0.3, 0.4) is 0 Å². The number of rotatable bonds is 4. The summed E-state index contributed by atoms with van der Waals surface area (Å²) in [5.41, 5.74) is 0.398. The van der Waals surface area contributed by atoms with Crippen molar-refractivity contribution in [2.75, 3.05) is 0 Å². The molecular weight excluding hydrogens is 212 g/mol. The first kappa shape index (κ1) is 11.7. The third-order valence-corrected chi connectivity index (χ3v) is 2.20. The van der Waals surface area contributed by atoms with Gasteiger partial charge in [-0.25, -0.2) is 4.98 Å². The van der Waals surface area contributed by atoms with Gasteiger partial charge in [0.1, 0.15) is 5.15 Å². The Morgan fingerprint density at radius 1 is 1.80 bits per heavy atom. The molecular formula is C11H13ClN2O. The highest BCUT2D eigenvalue weighted by molar-refractivity contribution is 6.32. The molecule has 3 nitrogen and oxygen atoms in total. The van der Waals surface area contributed by atoms with Crippen LogP contribution in [0.1, 0.15) is 23.7 Å². The Bertz CT molecular complexity index is 365. The summed E-state index contributed by atoms with van der Waals surface area (Å²) in [7, 11) is 0. The highest BCUT2D eigenvalue weighted by Gasteiger charge is 2.12. The van der Waals surface area contributed by atoms with Gasteiger partial charge in [0.25, 0.3) is 5.91 Å². The number of amides is 1. The van der Waals surface area contributed by atoms with Gasteiger partial charge < -0.3 is 5.32 Å². The van der Waals surface area contributed by atoms with Crippen molar-refractivity contribution >= 4 is 17.5 Å². The summed E-state index contributed by atoms with van der Waals surface area (Å²) in [6, 6.07) is 3.37. The molecule has 0 aliphatic carbocycles. The van der Waals surface area contributed by atoms with Crippen LogP contribution < -0.4 is 5.32 Å². The first-order valence-corrected chi connectivity index (χ1v) is 5.05. The molecule has 4 heteroatoms. The molecule has 0 radical (unpaired) electrons. The molecule has 1 N–H and O–H groups in total. The van der Waals surface area contributed by atoms with E-state index >= 15 is 0 Å². The van der Waals surface area contributed by atoms with E-state index in [2.05, 4.69) is 16.9 Å². The molecule has 0 aliphatic rings. The van der Waals surface area contributed by atoms with Gasteiger partial charge in [-0.1, -0.05) is 17.7 Å². The fourth-order valence-electron chi connectivity index (χ4n) is 1.17. The van der Waals surface area contributed by atoms with Crippen molar-refractivity contribution in [3.63, 3.8) is 0 Å². The van der Waals surface area contributed by atoms with E-state index in [4.69, 9.17) is 11.6 Å². The molecule has 0 fully saturated rings. The number of hydrogen-bond acceptors (Lipinski definition) is 2. The molecule has 1 amide bonds. The standard InChI is InChI=1S/C11H13ClN2O/c1-3-5-8(2)14-11(15)9-6-4-7-13-10(9)12/h3-4,6-8H,1,5H2,2H3,(H,14,15). The van der Waals surface area contributed by atoms with Crippen molar-refractivity contribution in [3.05, 3.63) is 41.7 Å². The molecule has 0 spiro atoms. The smallest absolute Gasteiger partial charge is 0.254 e. The summed E-state index contributed by atoms with van der Waals surface area (Å²) < 4.78 is 0. The Morgan fingerprint density at radius 2 is 2.53 bits per heavy atom. The van der Waals surface area contributed by atoms with E-state index in [9.17, 15) is 4.79 Å². The molecule has 80 valence electrons. The average molecular weight is 225 g/mol. The minimum Gasteiger partial charge on any atom is -0.349 e. The first-order valence-electron chi connectivity index (χ1n) is 4.67. The Morgan fingerprint density at radius 3 is 3.13 bits per heavy atom. The normalized spacial score (nSPS) is 11.9. The molecule has 0 aromatic carbocycles. The number of nitrogens with zero attached hydrogens (tertiary/aromatic N) is 1. The third-order valence-electron chi connectivity index (χ3n) is 1.90. The number of halogens is 1. The molecule has 1 atom stereocenters. The Hall–Kier alpha value is -1.35. The molecule has 1 rings (SSSR count). The molecule has 15 heavy (non-hydrogen) atoms. The molecule has 0 saturated carbocycles. The van der Waals surface area contributed by atoms with Gasteiger partial charge in [-0.3, -0.25) is 4.79 Å². The third kappa shape index (κ3) is 3.36. The van der Waals surface area contributed by atoms with Gasteiger partial charge in [-0.05, 0) is 25.5 Å². The van der Waals surface area contributed by atoms with Crippen molar-refractivity contribution in [3.8, 4) is 0 Å². The predicted octanol–water partition coefficient (Wildman–Crippen LogP) is 2.43. The second-order valence-electron chi connectivity index (χ2n) is 3.24. The van der Waals surface area contributed by atoms with Crippen molar-refractivity contribution in [2.45, 2.75) is 19.4 Å². The van der Waals surface area contributed by atoms with Crippen LogP contribution in [0.4, 0.5) is 0 Å². The highest BCUT2D eigenvalue weighted by Crippen LogP contribution is 2.11. The van der Waals surface area contributed by atoms with Crippen LogP contribution in [0, 0.1) is 0 Å². The summed E-state index contributed by atoms with van der Waals surface area (Å²) in [5.74, 6) is -0.206. The van der Waals surface area contributed by atoms with E-state index in [0.717, 1.165) is 6.42 Å². The van der Waals surface area contributed by atoms with Crippen molar-refractivity contribution in [1.82, 2.24) is 10.3 Å². The molecule has 0 aliphatic heterocycles. The maximum Gasteiger partial charge on any atom is 0.254 e. The molecule has 1 heterocycles. The van der Waals surface area contributed by atoms with Crippen molar-refractivity contribution in [2.24, 2.45) is 0 Å². The Kier molecular flexibility index (Phi) is 4.31. The van der Waals surface area contributed by atoms with E-state index in [1.165, 1.54) is 0 Å². The zero-order chi connectivity index (χ0) is 11.3. The van der Waals surface area contributed by atoms with Crippen LogP contribution in [-0.4, -0.2) is 16.9 Å². The highest BCUT2D eigenvalue weighted by atomic mass is 35.5. The quantitative estimate of drug-likeness (QED) is 0.631. The number of carbonyl (C=O) groups is 1. The second kappa shape index (κ2) is 5.51. The Labute approximate surface area is 94.2 Å². The zero-order valence-electron chi connectivity index (χ0n) is 8.53. The van der Waals surface area contributed by atoms with Crippen LogP contribution in [0.5, 0.6) is 0 Å². The summed E-state index contributed by atoms with van der Waals surface area (Å²) in [6.45, 7) is 5.52. The van der Waals surface area contributed by atoms with Crippen molar-refractivity contribution < 1.29 is 4.79 Å². The number of pyridine rings is 1. The molecule has 0 bridgehead atoms. The minimum absolute atomic E-state index is 0.0475. The lowest BCUT2D eigenvalue weighted by molar-refractivity contribution is 0.0940. The lowest BCUT2D eigenvalue weighted by atomic mass is 10.2. The van der Waals surface area contributed by atoms with Gasteiger partial charge in [0.05, 0.1) is 5.56 Å². The summed E-state index contributed by atoms with van der Waals surface area (Å²) in [5, 5.41) is 3.03. The predicted molar refractivity (Wildman–Crippen MR) is 61.0 cm³/mol. The first-order chi connectivity index (χ1) is 7.15. The molecule has 1 aromatic rings. The summed E-state index contributed by atoms with van der Waals surface area (Å²) in [6.07, 6.45) is 4.03. The van der Waals surface area contributed by atoms with Gasteiger partial charge in [0.2, 0.25) is 0 Å². The van der Waals surface area contributed by atoms with E-state index in [1.807, 2.05) is 6.92 Å². The van der Waals surface area contributed by atoms with Crippen LogP contribution in [0.15, 0.2) is 31.0 Å². The van der Waals surface area contributed by atoms with Crippen LogP contribution in [0.2, 0.25) is 5.15 Å². The molecule has 1 unspecified atom stereocenters. The van der Waals surface area contributed by atoms with Gasteiger partial charge >= 0.3 is 0 Å². The zero-order valence-corrected chi connectivity index (χ0v) is 9.29. The van der Waals surface area contributed by atoms with Gasteiger partial charge in [0, 0.05) is 12.2 Å². The lowest BCUT2D eigenvalue weighted by Crippen LogP contribution is -2.32. The number of carbonyl (C=O) groups excluding carboxylic acids is 1. The van der Waals surface area contributed by atoms with Gasteiger partial charge in [0.15, 0.2) is 0 Å². The fourth-order valence-corrected chi connectivity index (χ4v) is 1.37. The molecule has 1 aromatic heterocycles. The fraction of sp³-hybridized carbons (Fsp3) is 0.273. The maximum absolute atomic E-state index is 11.7. The SMILES string of the molecule is C=CCC(C)NC(=O)c1cccnc1Cl. The van der Waals surface area contributed by atoms with Gasteiger partial charge in [-0.15, -0.1) is 6.58 Å².